The first kappa shape index (κ1) is 33.8. The largest absolute Gasteiger partial charge is 0.458 e. The highest BCUT2D eigenvalue weighted by Crippen LogP contribution is 2.91. The highest BCUT2D eigenvalue weighted by molar-refractivity contribution is 5.95. The van der Waals surface area contributed by atoms with Gasteiger partial charge < -0.3 is 34.8 Å². The van der Waals surface area contributed by atoms with E-state index in [1.165, 1.54) is 0 Å². The number of ether oxygens (including phenoxy) is 3. The van der Waals surface area contributed by atoms with E-state index in [-0.39, 0.29) is 51.0 Å². The van der Waals surface area contributed by atoms with Crippen LogP contribution in [0.3, 0.4) is 0 Å². The molecule has 5 aliphatic carbocycles. The van der Waals surface area contributed by atoms with E-state index in [1.807, 2.05) is 31.3 Å². The van der Waals surface area contributed by atoms with E-state index >= 15 is 0 Å². The van der Waals surface area contributed by atoms with Crippen LogP contribution in [0.5, 0.6) is 0 Å². The summed E-state index contributed by atoms with van der Waals surface area (Å²) in [6.07, 6.45) is 6.36. The van der Waals surface area contributed by atoms with E-state index in [4.69, 9.17) is 14.2 Å². The van der Waals surface area contributed by atoms with Gasteiger partial charge in [0, 0.05) is 36.6 Å². The third-order valence-electron chi connectivity index (χ3n) is 15.7. The quantitative estimate of drug-likeness (QED) is 0.258. The van der Waals surface area contributed by atoms with Crippen LogP contribution >= 0.6 is 0 Å². The highest BCUT2D eigenvalue weighted by atomic mass is 16.7. The summed E-state index contributed by atoms with van der Waals surface area (Å²) in [6.45, 7) is 12.7. The monoisotopic (exact) mass is 653 g/mol. The molecule has 6 aliphatic rings. The molecule has 262 valence electrons. The number of para-hydroxylation sites is 1. The molecule has 13 atom stereocenters. The van der Waals surface area contributed by atoms with E-state index in [2.05, 4.69) is 33.0 Å². The first-order chi connectivity index (χ1) is 22.0. The maximum absolute atomic E-state index is 13.5. The molecule has 0 bridgehead atoms. The molecular weight excluding hydrogens is 594 g/mol. The molecule has 0 spiro atoms. The van der Waals surface area contributed by atoms with Crippen molar-refractivity contribution in [2.75, 3.05) is 19.5 Å². The molecule has 1 saturated heterocycles. The van der Waals surface area contributed by atoms with Crippen molar-refractivity contribution in [1.29, 1.82) is 0 Å². The van der Waals surface area contributed by atoms with Crippen LogP contribution in [-0.4, -0.2) is 71.8 Å². The van der Waals surface area contributed by atoms with E-state index in [9.17, 15) is 20.1 Å². The number of carbonyl (C=O) groups excluding carboxylic acids is 1. The summed E-state index contributed by atoms with van der Waals surface area (Å²) in [7, 11) is 3.52. The highest BCUT2D eigenvalue weighted by Gasteiger charge is 2.86. The van der Waals surface area contributed by atoms with Crippen molar-refractivity contribution in [2.45, 2.75) is 136 Å². The van der Waals surface area contributed by atoms with Gasteiger partial charge >= 0.3 is 5.97 Å². The maximum atomic E-state index is 13.5. The van der Waals surface area contributed by atoms with Crippen molar-refractivity contribution in [3.8, 4) is 0 Å². The Morgan fingerprint density at radius 3 is 2.45 bits per heavy atom. The molecule has 1 aromatic carbocycles. The lowest BCUT2D eigenvalue weighted by Gasteiger charge is -2.68. The van der Waals surface area contributed by atoms with Crippen LogP contribution in [0.25, 0.3) is 0 Å². The second-order valence-electron chi connectivity index (χ2n) is 18.1. The average molecular weight is 654 g/mol. The van der Waals surface area contributed by atoms with Crippen molar-refractivity contribution >= 4 is 11.7 Å². The van der Waals surface area contributed by atoms with E-state index < -0.39 is 30.2 Å². The Balaban J connectivity index is 1.13. The summed E-state index contributed by atoms with van der Waals surface area (Å²) in [5.74, 6) is 0.916. The zero-order valence-corrected chi connectivity index (χ0v) is 29.8. The first-order valence-corrected chi connectivity index (χ1v) is 18.3. The van der Waals surface area contributed by atoms with Crippen molar-refractivity contribution in [1.82, 2.24) is 0 Å². The molecule has 7 rings (SSSR count). The number of rotatable bonds is 7. The molecule has 0 amide bonds. The average Bonchev–Trinajstić information content (AvgIpc) is 3.35. The number of anilines is 1. The zero-order valence-electron chi connectivity index (χ0n) is 29.8. The predicted octanol–water partition coefficient (Wildman–Crippen LogP) is 6.17. The third-order valence-corrected chi connectivity index (χ3v) is 15.7. The van der Waals surface area contributed by atoms with Gasteiger partial charge in [0.25, 0.3) is 0 Å². The van der Waals surface area contributed by atoms with Gasteiger partial charge in [0.2, 0.25) is 0 Å². The Hall–Kier alpha value is -1.71. The molecule has 0 radical (unpaired) electrons. The summed E-state index contributed by atoms with van der Waals surface area (Å²) >= 11 is 0. The molecule has 0 aromatic heterocycles. The number of aliphatic hydroxyl groups is 3. The van der Waals surface area contributed by atoms with Gasteiger partial charge in [-0.05, 0) is 118 Å². The Bertz CT molecular complexity index is 1390. The number of methoxy groups -OCH3 is 1. The molecule has 8 nitrogen and oxygen atoms in total. The number of carbonyl (C=O) groups is 1. The summed E-state index contributed by atoms with van der Waals surface area (Å²) in [4.78, 5) is 13.5. The molecule has 5 saturated carbocycles. The summed E-state index contributed by atoms with van der Waals surface area (Å²) in [6, 6.07) is 7.52. The van der Waals surface area contributed by atoms with Gasteiger partial charge in [0.15, 0.2) is 6.29 Å². The lowest BCUT2D eigenvalue weighted by atomic mass is 9.37. The van der Waals surface area contributed by atoms with Crippen LogP contribution in [0.2, 0.25) is 0 Å². The summed E-state index contributed by atoms with van der Waals surface area (Å²) in [5.41, 5.74) is -0.0943. The molecule has 1 aromatic rings. The number of esters is 1. The molecule has 47 heavy (non-hydrogen) atoms. The minimum absolute atomic E-state index is 0.0400. The van der Waals surface area contributed by atoms with Crippen LogP contribution in [-0.2, 0) is 14.2 Å². The second kappa shape index (κ2) is 10.9. The first-order valence-electron chi connectivity index (χ1n) is 18.3. The zero-order chi connectivity index (χ0) is 33.9. The van der Waals surface area contributed by atoms with Crippen LogP contribution in [0.4, 0.5) is 5.69 Å². The molecule has 6 fully saturated rings. The Labute approximate surface area is 281 Å². The van der Waals surface area contributed by atoms with Gasteiger partial charge in [-0.3, -0.25) is 0 Å². The minimum atomic E-state index is -1.25. The Kier molecular flexibility index (Phi) is 7.83. The van der Waals surface area contributed by atoms with E-state index in [0.29, 0.717) is 23.8 Å². The van der Waals surface area contributed by atoms with Gasteiger partial charge in [0.1, 0.15) is 12.2 Å². The Morgan fingerprint density at radius 1 is 1.04 bits per heavy atom. The summed E-state index contributed by atoms with van der Waals surface area (Å²) in [5, 5.41) is 37.0. The number of hydrogen-bond donors (Lipinski definition) is 4. The normalized spacial score (nSPS) is 47.2. The smallest absolute Gasteiger partial charge is 0.340 e. The molecule has 1 unspecified atom stereocenters. The molecule has 1 aliphatic heterocycles. The third kappa shape index (κ3) is 4.46. The summed E-state index contributed by atoms with van der Waals surface area (Å²) < 4.78 is 18.5. The molecule has 4 N–H and O–H groups in total. The standard InChI is InChI=1S/C39H59NO7/c1-34(2)28-20-29(41)37(6)27(36(28,5)16-15-30(34)47-32(43)22-11-9-10-12-25(22)40-7)14-17-38-21-39(37,38)18-13-24(38)23-19-26(46-33(23)45-8)31(42)35(3,4)44/h9-12,23-24,26-31,33,40-42,44H,13-21H2,1-8H3/t23-,24+,26-,27-,28+,29-,30+,31?,33+,36-,37+,38-,39-/m1/s1. The SMILES string of the molecule is CNc1ccccc1C(=O)O[C@H]1CC[C@]2(C)[C@H]3CC[C@]45C[C@]4(CC[C@H]5[C@H]4C[C@H](C(O)C(C)(C)O)O[C@@H]4OC)[C@]3(C)[C@H](O)C[C@H]2C1(C)C. The number of nitrogens with one attached hydrogen (secondary N) is 1. The number of aliphatic hydroxyl groups excluding tert-OH is 2. The van der Waals surface area contributed by atoms with Crippen LogP contribution in [0.1, 0.15) is 110 Å². The fourth-order valence-electron chi connectivity index (χ4n) is 13.5. The number of hydrogen-bond acceptors (Lipinski definition) is 8. The molecular formula is C39H59NO7. The van der Waals surface area contributed by atoms with Gasteiger partial charge in [-0.25, -0.2) is 4.79 Å². The lowest BCUT2D eigenvalue weighted by molar-refractivity contribution is -0.243. The number of fused-ring (bicyclic) bond motifs is 3. The molecule has 1 heterocycles. The van der Waals surface area contributed by atoms with E-state index in [0.717, 1.165) is 57.1 Å². The van der Waals surface area contributed by atoms with Crippen molar-refractivity contribution in [2.24, 2.45) is 50.7 Å². The topological polar surface area (TPSA) is 117 Å². The van der Waals surface area contributed by atoms with Crippen LogP contribution < -0.4 is 5.32 Å². The minimum Gasteiger partial charge on any atom is -0.458 e. The van der Waals surface area contributed by atoms with Crippen LogP contribution in [0, 0.1) is 50.7 Å². The fourth-order valence-corrected chi connectivity index (χ4v) is 13.5. The predicted molar refractivity (Wildman–Crippen MR) is 180 cm³/mol. The Morgan fingerprint density at radius 2 is 1.77 bits per heavy atom. The number of benzene rings is 1. The van der Waals surface area contributed by atoms with Gasteiger partial charge in [-0.2, -0.15) is 0 Å². The van der Waals surface area contributed by atoms with Gasteiger partial charge in [0.05, 0.1) is 23.4 Å². The van der Waals surface area contributed by atoms with Gasteiger partial charge in [-0.15, -0.1) is 0 Å². The van der Waals surface area contributed by atoms with Gasteiger partial charge in [-0.1, -0.05) is 39.8 Å². The fraction of sp³-hybridized carbons (Fsp3) is 0.821. The van der Waals surface area contributed by atoms with Crippen molar-refractivity contribution in [3.05, 3.63) is 29.8 Å². The van der Waals surface area contributed by atoms with Crippen LogP contribution in [0.15, 0.2) is 24.3 Å². The lowest BCUT2D eigenvalue weighted by Crippen LogP contribution is -2.66. The van der Waals surface area contributed by atoms with Crippen molar-refractivity contribution in [3.63, 3.8) is 0 Å². The maximum Gasteiger partial charge on any atom is 0.340 e. The molecule has 8 heteroatoms. The van der Waals surface area contributed by atoms with E-state index in [1.54, 1.807) is 21.0 Å². The van der Waals surface area contributed by atoms with Crippen molar-refractivity contribution < 1.29 is 34.3 Å². The second-order valence-corrected chi connectivity index (χ2v) is 18.1.